The molecule has 0 aromatic heterocycles. The summed E-state index contributed by atoms with van der Waals surface area (Å²) in [5, 5.41) is 0. The summed E-state index contributed by atoms with van der Waals surface area (Å²) in [6.45, 7) is 8.31. The van der Waals surface area contributed by atoms with Crippen LogP contribution in [0.1, 0.15) is 27.7 Å². The fourth-order valence-corrected chi connectivity index (χ4v) is 6.88. The van der Waals surface area contributed by atoms with Crippen molar-refractivity contribution in [1.82, 2.24) is 0 Å². The average molecular weight is 999 g/mol. The first-order valence-electron chi connectivity index (χ1n) is 15.8. The molecule has 0 N–H and O–H groups in total. The maximum Gasteiger partial charge on any atom is 0.494 e. The third-order valence-electron chi connectivity index (χ3n) is 8.43. The molecule has 2 nitrogen and oxygen atoms in total. The Labute approximate surface area is 339 Å². The topological polar surface area (TPSA) is 18.5 Å². The summed E-state index contributed by atoms with van der Waals surface area (Å²) in [5.41, 5.74) is 7.81. The maximum absolute atomic E-state index is 6.12. The molecule has 7 rings (SSSR count). The van der Waals surface area contributed by atoms with Gasteiger partial charge in [0.2, 0.25) is 0 Å². The highest BCUT2D eigenvalue weighted by Gasteiger charge is 2.51. The van der Waals surface area contributed by atoms with E-state index in [1.54, 1.807) is 0 Å². The van der Waals surface area contributed by atoms with Crippen molar-refractivity contribution in [1.29, 1.82) is 0 Å². The molecule has 1 heterocycles. The quantitative estimate of drug-likeness (QED) is 0.130. The third kappa shape index (κ3) is 11.1. The summed E-state index contributed by atoms with van der Waals surface area (Å²) in [5.74, 6) is 0. The molecule has 6 aromatic rings. The van der Waals surface area contributed by atoms with Crippen molar-refractivity contribution in [3.8, 4) is 33.4 Å². The lowest BCUT2D eigenvalue weighted by Crippen LogP contribution is -3.00. The average Bonchev–Trinajstić information content (AvgIpc) is 3.32. The Morgan fingerprint density at radius 1 is 0.449 bits per heavy atom. The molecule has 0 unspecified atom stereocenters. The van der Waals surface area contributed by atoms with E-state index >= 15 is 0 Å². The van der Waals surface area contributed by atoms with Crippen LogP contribution >= 0.6 is 54.5 Å². The SMILES string of the molecule is Brc1cccc(-c2cccc(-c3ccccc3)c2)c1.Brc1cccc(I)c1.CC1(C)OB(c2cccc(-c3ccccc3)c2)OC1(C)C.[I-]. The zero-order chi connectivity index (χ0) is 34.1. The lowest BCUT2D eigenvalue weighted by molar-refractivity contribution is -0.0000120. The summed E-state index contributed by atoms with van der Waals surface area (Å²) >= 11 is 9.16. The van der Waals surface area contributed by atoms with Gasteiger partial charge in [-0.05, 0) is 126 Å². The Morgan fingerprint density at radius 3 is 1.31 bits per heavy atom. The minimum absolute atomic E-state index is 0. The standard InChI is InChI=1S/C18H21BO2.C18H13Br.C6H4BrI.HI/c1-17(2)18(3,4)21-19(20-17)16-12-8-11-15(13-16)14-9-6-5-7-10-14;19-18-11-5-10-17(13-18)16-9-4-8-15(12-16)14-6-2-1-3-7-14;7-5-2-1-3-6(8)4-5;/h5-13H,1-4H3;1-13H;1-4H;1H/p-1. The molecule has 49 heavy (non-hydrogen) atoms. The number of rotatable bonds is 4. The van der Waals surface area contributed by atoms with E-state index < -0.39 is 0 Å². The molecule has 250 valence electrons. The van der Waals surface area contributed by atoms with Gasteiger partial charge in [0.15, 0.2) is 0 Å². The van der Waals surface area contributed by atoms with E-state index in [1.807, 2.05) is 30.3 Å². The summed E-state index contributed by atoms with van der Waals surface area (Å²) < 4.78 is 15.7. The van der Waals surface area contributed by atoms with Crippen LogP contribution in [0.5, 0.6) is 0 Å². The molecule has 0 radical (unpaired) electrons. The lowest BCUT2D eigenvalue weighted by Gasteiger charge is -2.32. The van der Waals surface area contributed by atoms with Gasteiger partial charge >= 0.3 is 7.12 Å². The van der Waals surface area contributed by atoms with Crippen LogP contribution in [-0.2, 0) is 9.31 Å². The normalized spacial score (nSPS) is 14.0. The number of benzene rings is 6. The first kappa shape index (κ1) is 39.5. The third-order valence-corrected chi connectivity index (χ3v) is 10.1. The van der Waals surface area contributed by atoms with Crippen LogP contribution < -0.4 is 29.4 Å². The minimum Gasteiger partial charge on any atom is -1.00 e. The molecule has 1 saturated heterocycles. The molecule has 1 aliphatic heterocycles. The molecular formula is C42H38BBr2I2O2-. The van der Waals surface area contributed by atoms with Gasteiger partial charge < -0.3 is 33.3 Å². The van der Waals surface area contributed by atoms with Crippen molar-refractivity contribution >= 4 is 67.0 Å². The van der Waals surface area contributed by atoms with E-state index in [4.69, 9.17) is 9.31 Å². The summed E-state index contributed by atoms with van der Waals surface area (Å²) in [4.78, 5) is 0. The van der Waals surface area contributed by atoms with E-state index in [0.29, 0.717) is 0 Å². The molecule has 1 fully saturated rings. The Bertz CT molecular complexity index is 1900. The summed E-state index contributed by atoms with van der Waals surface area (Å²) in [6, 6.07) is 54.4. The van der Waals surface area contributed by atoms with Gasteiger partial charge in [0.05, 0.1) is 11.2 Å². The highest BCUT2D eigenvalue weighted by atomic mass is 127. The van der Waals surface area contributed by atoms with Gasteiger partial charge in [-0.3, -0.25) is 0 Å². The van der Waals surface area contributed by atoms with E-state index in [1.165, 1.54) is 37.0 Å². The predicted molar refractivity (Wildman–Crippen MR) is 219 cm³/mol. The maximum atomic E-state index is 6.12. The monoisotopic (exact) mass is 997 g/mol. The molecule has 6 aromatic carbocycles. The molecule has 0 spiro atoms. The molecular weight excluding hydrogens is 961 g/mol. The van der Waals surface area contributed by atoms with Gasteiger partial charge in [-0.15, -0.1) is 0 Å². The van der Waals surface area contributed by atoms with Crippen molar-refractivity contribution in [3.63, 3.8) is 0 Å². The fourth-order valence-electron chi connectivity index (χ4n) is 5.11. The first-order chi connectivity index (χ1) is 23.0. The summed E-state index contributed by atoms with van der Waals surface area (Å²) in [7, 11) is -0.307. The Balaban J connectivity index is 0.000000179. The van der Waals surface area contributed by atoms with Crippen LogP contribution in [0.3, 0.4) is 0 Å². The number of hydrogen-bond acceptors (Lipinski definition) is 2. The first-order valence-corrected chi connectivity index (χ1v) is 18.5. The van der Waals surface area contributed by atoms with Crippen LogP contribution in [0.2, 0.25) is 0 Å². The molecule has 0 saturated carbocycles. The minimum atomic E-state index is -0.307. The zero-order valence-electron chi connectivity index (χ0n) is 27.9. The smallest absolute Gasteiger partial charge is 0.494 e. The van der Waals surface area contributed by atoms with Crippen molar-refractivity contribution in [3.05, 3.63) is 170 Å². The van der Waals surface area contributed by atoms with Crippen LogP contribution in [0, 0.1) is 3.57 Å². The predicted octanol–water partition coefficient (Wildman–Crippen LogP) is 9.49. The van der Waals surface area contributed by atoms with Crippen LogP contribution in [0.15, 0.2) is 167 Å². The second-order valence-electron chi connectivity index (χ2n) is 12.5. The molecule has 0 amide bonds. The van der Waals surface area contributed by atoms with Gasteiger partial charge in [0, 0.05) is 12.5 Å². The Hall–Kier alpha value is -2.28. The van der Waals surface area contributed by atoms with E-state index in [-0.39, 0.29) is 42.3 Å². The number of halogens is 4. The molecule has 7 heteroatoms. The van der Waals surface area contributed by atoms with Gasteiger partial charge in [-0.25, -0.2) is 0 Å². The fraction of sp³-hybridized carbons (Fsp3) is 0.143. The van der Waals surface area contributed by atoms with Crippen molar-refractivity contribution < 1.29 is 33.3 Å². The van der Waals surface area contributed by atoms with Crippen molar-refractivity contribution in [2.75, 3.05) is 0 Å². The highest BCUT2D eigenvalue weighted by Crippen LogP contribution is 2.36. The molecule has 0 atom stereocenters. The largest absolute Gasteiger partial charge is 1.00 e. The Morgan fingerprint density at radius 2 is 0.837 bits per heavy atom. The van der Waals surface area contributed by atoms with Gasteiger partial charge in [0.1, 0.15) is 0 Å². The highest BCUT2D eigenvalue weighted by molar-refractivity contribution is 14.1. The summed E-state index contributed by atoms with van der Waals surface area (Å²) in [6.07, 6.45) is 0. The second-order valence-corrected chi connectivity index (χ2v) is 15.6. The van der Waals surface area contributed by atoms with Gasteiger partial charge in [-0.2, -0.15) is 0 Å². The van der Waals surface area contributed by atoms with Gasteiger partial charge in [-0.1, -0.05) is 153 Å². The molecule has 0 aliphatic carbocycles. The van der Waals surface area contributed by atoms with Gasteiger partial charge in [0.25, 0.3) is 0 Å². The van der Waals surface area contributed by atoms with Crippen molar-refractivity contribution in [2.24, 2.45) is 0 Å². The van der Waals surface area contributed by atoms with E-state index in [2.05, 4.69) is 210 Å². The van der Waals surface area contributed by atoms with Crippen LogP contribution in [0.25, 0.3) is 33.4 Å². The zero-order valence-corrected chi connectivity index (χ0v) is 35.4. The van der Waals surface area contributed by atoms with Crippen molar-refractivity contribution in [2.45, 2.75) is 38.9 Å². The number of hydrogen-bond donors (Lipinski definition) is 0. The molecule has 1 aliphatic rings. The lowest BCUT2D eigenvalue weighted by atomic mass is 9.78. The molecule has 0 bridgehead atoms. The Kier molecular flexibility index (Phi) is 14.7. The van der Waals surface area contributed by atoms with Crippen LogP contribution in [-0.4, -0.2) is 18.3 Å². The van der Waals surface area contributed by atoms with E-state index in [9.17, 15) is 0 Å². The van der Waals surface area contributed by atoms with Crippen LogP contribution in [0.4, 0.5) is 0 Å². The van der Waals surface area contributed by atoms with E-state index in [0.717, 1.165) is 14.4 Å². The second kappa shape index (κ2) is 18.3.